The van der Waals surface area contributed by atoms with Crippen molar-refractivity contribution in [1.82, 2.24) is 10.6 Å². The van der Waals surface area contributed by atoms with E-state index in [4.69, 9.17) is 0 Å². The Morgan fingerprint density at radius 1 is 1.12 bits per heavy atom. The molecule has 0 heterocycles. The van der Waals surface area contributed by atoms with Crippen molar-refractivity contribution in [2.45, 2.75) is 37.3 Å². The molecule has 0 saturated heterocycles. The van der Waals surface area contributed by atoms with E-state index < -0.39 is 17.2 Å². The van der Waals surface area contributed by atoms with E-state index in [-0.39, 0.29) is 18.1 Å². The van der Waals surface area contributed by atoms with Gasteiger partial charge in [0.2, 0.25) is 0 Å². The third-order valence-corrected chi connectivity index (χ3v) is 5.16. The standard InChI is InChI=1S/C17H21F3N2O2/c18-17(19,20)13-3-1-2-12(8-13)16(6-7-16)10-22-14(24)21-9-15(11-23)4-5-15/h1-3,8,23H,4-7,9-11H2,(H2,21,22,24). The van der Waals surface area contributed by atoms with Gasteiger partial charge in [-0.2, -0.15) is 13.2 Å². The van der Waals surface area contributed by atoms with E-state index >= 15 is 0 Å². The number of carbonyl (C=O) groups is 1. The quantitative estimate of drug-likeness (QED) is 0.744. The van der Waals surface area contributed by atoms with Crippen molar-refractivity contribution in [1.29, 1.82) is 0 Å². The second kappa shape index (κ2) is 5.95. The average molecular weight is 342 g/mol. The maximum absolute atomic E-state index is 12.8. The number of urea groups is 1. The monoisotopic (exact) mass is 342 g/mol. The predicted molar refractivity (Wildman–Crippen MR) is 82.5 cm³/mol. The Balaban J connectivity index is 1.56. The van der Waals surface area contributed by atoms with Crippen molar-refractivity contribution in [2.75, 3.05) is 19.7 Å². The molecule has 0 atom stereocenters. The van der Waals surface area contributed by atoms with Crippen molar-refractivity contribution in [3.63, 3.8) is 0 Å². The van der Waals surface area contributed by atoms with Crippen molar-refractivity contribution < 1.29 is 23.1 Å². The highest BCUT2D eigenvalue weighted by atomic mass is 19.4. The largest absolute Gasteiger partial charge is 0.416 e. The van der Waals surface area contributed by atoms with Crippen molar-refractivity contribution in [3.8, 4) is 0 Å². The Hall–Kier alpha value is -1.76. The van der Waals surface area contributed by atoms with Crippen LogP contribution >= 0.6 is 0 Å². The molecule has 0 unspecified atom stereocenters. The molecule has 2 saturated carbocycles. The van der Waals surface area contributed by atoms with Gasteiger partial charge in [-0.3, -0.25) is 0 Å². The Kier molecular flexibility index (Phi) is 4.23. The van der Waals surface area contributed by atoms with Gasteiger partial charge in [0.05, 0.1) is 12.2 Å². The van der Waals surface area contributed by atoms with Gasteiger partial charge in [-0.25, -0.2) is 4.79 Å². The summed E-state index contributed by atoms with van der Waals surface area (Å²) in [5.74, 6) is 0. The molecular formula is C17H21F3N2O2. The zero-order valence-electron chi connectivity index (χ0n) is 13.2. The third kappa shape index (κ3) is 3.66. The van der Waals surface area contributed by atoms with Gasteiger partial charge in [-0.05, 0) is 37.3 Å². The second-order valence-electron chi connectivity index (χ2n) is 7.05. The fourth-order valence-electron chi connectivity index (χ4n) is 2.89. The number of hydrogen-bond donors (Lipinski definition) is 3. The van der Waals surface area contributed by atoms with Gasteiger partial charge in [-0.15, -0.1) is 0 Å². The SMILES string of the molecule is O=C(NCC1(CO)CC1)NCC1(c2cccc(C(F)(F)F)c2)CC1. The zero-order valence-corrected chi connectivity index (χ0v) is 13.2. The summed E-state index contributed by atoms with van der Waals surface area (Å²) >= 11 is 0. The molecule has 2 aliphatic carbocycles. The molecule has 1 aromatic rings. The molecule has 132 valence electrons. The summed E-state index contributed by atoms with van der Waals surface area (Å²) in [6.45, 7) is 0.791. The molecule has 0 spiro atoms. The number of amides is 2. The lowest BCUT2D eigenvalue weighted by Crippen LogP contribution is -2.42. The average Bonchev–Trinajstić information content (AvgIpc) is 3.46. The minimum Gasteiger partial charge on any atom is -0.396 e. The van der Waals surface area contributed by atoms with Crippen LogP contribution in [0.3, 0.4) is 0 Å². The van der Waals surface area contributed by atoms with E-state index in [2.05, 4.69) is 10.6 Å². The molecule has 0 bridgehead atoms. The molecule has 0 aliphatic heterocycles. The van der Waals surface area contributed by atoms with Crippen LogP contribution in [0.15, 0.2) is 24.3 Å². The van der Waals surface area contributed by atoms with Crippen LogP contribution in [0.1, 0.15) is 36.8 Å². The fraction of sp³-hybridized carbons (Fsp3) is 0.588. The van der Waals surface area contributed by atoms with Crippen LogP contribution < -0.4 is 10.6 Å². The van der Waals surface area contributed by atoms with Crippen molar-refractivity contribution in [2.24, 2.45) is 5.41 Å². The topological polar surface area (TPSA) is 61.4 Å². The number of halogens is 3. The van der Waals surface area contributed by atoms with E-state index in [1.165, 1.54) is 12.1 Å². The highest BCUT2D eigenvalue weighted by Crippen LogP contribution is 2.48. The molecule has 2 amide bonds. The number of rotatable bonds is 6. The molecule has 0 aromatic heterocycles. The van der Waals surface area contributed by atoms with E-state index in [0.29, 0.717) is 18.7 Å². The Bertz CT molecular complexity index is 623. The van der Waals surface area contributed by atoms with Gasteiger partial charge in [0, 0.05) is 23.9 Å². The number of carbonyl (C=O) groups excluding carboxylic acids is 1. The van der Waals surface area contributed by atoms with Gasteiger partial charge in [0.15, 0.2) is 0 Å². The van der Waals surface area contributed by atoms with Gasteiger partial charge in [0.1, 0.15) is 0 Å². The summed E-state index contributed by atoms with van der Waals surface area (Å²) in [5.41, 5.74) is -0.608. The van der Waals surface area contributed by atoms with Crippen LogP contribution in [0.2, 0.25) is 0 Å². The van der Waals surface area contributed by atoms with Crippen LogP contribution in [0.5, 0.6) is 0 Å². The van der Waals surface area contributed by atoms with Gasteiger partial charge in [-0.1, -0.05) is 18.2 Å². The first-order valence-electron chi connectivity index (χ1n) is 8.09. The van der Waals surface area contributed by atoms with Gasteiger partial charge < -0.3 is 15.7 Å². The lowest BCUT2D eigenvalue weighted by Gasteiger charge is -2.19. The van der Waals surface area contributed by atoms with E-state index in [9.17, 15) is 23.1 Å². The maximum Gasteiger partial charge on any atom is 0.416 e. The Labute approximate surface area is 138 Å². The number of hydrogen-bond acceptors (Lipinski definition) is 2. The zero-order chi connectivity index (χ0) is 17.4. The van der Waals surface area contributed by atoms with Gasteiger partial charge >= 0.3 is 12.2 Å². The molecular weight excluding hydrogens is 321 g/mol. The summed E-state index contributed by atoms with van der Waals surface area (Å²) in [6.07, 6.45) is -1.04. The third-order valence-electron chi connectivity index (χ3n) is 5.16. The molecule has 4 nitrogen and oxygen atoms in total. The van der Waals surface area contributed by atoms with Gasteiger partial charge in [0.25, 0.3) is 0 Å². The van der Waals surface area contributed by atoms with Crippen LogP contribution in [0.4, 0.5) is 18.0 Å². The normalized spacial score (nSPS) is 20.3. The first kappa shape index (κ1) is 17.1. The smallest absolute Gasteiger partial charge is 0.396 e. The van der Waals surface area contributed by atoms with E-state index in [0.717, 1.165) is 31.7 Å². The maximum atomic E-state index is 12.8. The predicted octanol–water partition coefficient (Wildman–Crippen LogP) is 2.81. The minimum atomic E-state index is -4.36. The number of benzene rings is 1. The highest BCUT2D eigenvalue weighted by Gasteiger charge is 2.46. The van der Waals surface area contributed by atoms with Crippen molar-refractivity contribution in [3.05, 3.63) is 35.4 Å². The number of aliphatic hydroxyl groups is 1. The van der Waals surface area contributed by atoms with Crippen LogP contribution in [0.25, 0.3) is 0 Å². The lowest BCUT2D eigenvalue weighted by molar-refractivity contribution is -0.137. The fourth-order valence-corrected chi connectivity index (χ4v) is 2.89. The Morgan fingerprint density at radius 3 is 2.33 bits per heavy atom. The number of nitrogens with one attached hydrogen (secondary N) is 2. The second-order valence-corrected chi connectivity index (χ2v) is 7.05. The Morgan fingerprint density at radius 2 is 1.79 bits per heavy atom. The molecule has 1 aromatic carbocycles. The summed E-state index contributed by atoms with van der Waals surface area (Å²) in [5, 5.41) is 14.7. The number of aliphatic hydroxyl groups excluding tert-OH is 1. The van der Waals surface area contributed by atoms with Crippen LogP contribution in [-0.2, 0) is 11.6 Å². The van der Waals surface area contributed by atoms with E-state index in [1.807, 2.05) is 0 Å². The molecule has 3 N–H and O–H groups in total. The van der Waals surface area contributed by atoms with Crippen molar-refractivity contribution >= 4 is 6.03 Å². The molecule has 2 fully saturated rings. The minimum absolute atomic E-state index is 0.0570. The number of alkyl halides is 3. The van der Waals surface area contributed by atoms with Crippen LogP contribution in [-0.4, -0.2) is 30.8 Å². The summed E-state index contributed by atoms with van der Waals surface area (Å²) in [6, 6.07) is 5.00. The first-order valence-corrected chi connectivity index (χ1v) is 8.09. The summed E-state index contributed by atoms with van der Waals surface area (Å²) < 4.78 is 38.5. The first-order chi connectivity index (χ1) is 11.3. The van der Waals surface area contributed by atoms with Crippen LogP contribution in [0, 0.1) is 5.41 Å². The molecule has 3 rings (SSSR count). The summed E-state index contributed by atoms with van der Waals surface area (Å²) in [4.78, 5) is 11.9. The molecule has 0 radical (unpaired) electrons. The summed E-state index contributed by atoms with van der Waals surface area (Å²) in [7, 11) is 0. The molecule has 24 heavy (non-hydrogen) atoms. The highest BCUT2D eigenvalue weighted by molar-refractivity contribution is 5.74. The lowest BCUT2D eigenvalue weighted by atomic mass is 9.94. The molecule has 2 aliphatic rings. The molecule has 7 heteroatoms. The van der Waals surface area contributed by atoms with E-state index in [1.54, 1.807) is 6.07 Å².